The van der Waals surface area contributed by atoms with E-state index in [1.165, 1.54) is 4.90 Å². The van der Waals surface area contributed by atoms with Crippen molar-refractivity contribution in [2.75, 3.05) is 19.6 Å². The number of nitrogens with zero attached hydrogens (tertiary/aromatic N) is 4. The molecule has 184 valence electrons. The summed E-state index contributed by atoms with van der Waals surface area (Å²) in [6.45, 7) is -0.958. The molecule has 15 heteroatoms. The van der Waals surface area contributed by atoms with Gasteiger partial charge in [0, 0.05) is 25.2 Å². The number of amides is 1. The number of ether oxygens (including phenoxy) is 1. The van der Waals surface area contributed by atoms with Crippen molar-refractivity contribution in [2.24, 2.45) is 5.92 Å². The fourth-order valence-electron chi connectivity index (χ4n) is 3.62. The van der Waals surface area contributed by atoms with E-state index in [-0.39, 0.29) is 35.4 Å². The smallest absolute Gasteiger partial charge is 0.439 e. The van der Waals surface area contributed by atoms with Crippen LogP contribution in [0.3, 0.4) is 0 Å². The molecule has 1 saturated heterocycles. The normalized spacial score (nSPS) is 17.8. The second-order valence-corrected chi connectivity index (χ2v) is 9.63. The molecule has 1 aromatic heterocycles. The highest BCUT2D eigenvalue weighted by Crippen LogP contribution is 2.35. The number of hydrogen-bond donors (Lipinski definition) is 0. The number of sulfonamides is 1. The molecule has 2 aliphatic heterocycles. The second-order valence-electron chi connectivity index (χ2n) is 7.70. The topological polar surface area (TPSA) is 92.7 Å². The van der Waals surface area contributed by atoms with E-state index in [0.717, 1.165) is 30.6 Å². The predicted octanol–water partition coefficient (Wildman–Crippen LogP) is 2.95. The molecule has 2 aliphatic rings. The zero-order chi connectivity index (χ0) is 24.9. The first-order chi connectivity index (χ1) is 15.8. The summed E-state index contributed by atoms with van der Waals surface area (Å²) in [6, 6.07) is 4.02. The van der Waals surface area contributed by atoms with Crippen LogP contribution in [0.2, 0.25) is 0 Å². The van der Waals surface area contributed by atoms with Gasteiger partial charge in [-0.3, -0.25) is 4.79 Å². The van der Waals surface area contributed by atoms with Gasteiger partial charge in [0.1, 0.15) is 12.1 Å². The van der Waals surface area contributed by atoms with Crippen molar-refractivity contribution in [3.05, 3.63) is 47.4 Å². The molecular formula is C19H16F6N4O4S. The molecule has 0 atom stereocenters. The maximum absolute atomic E-state index is 12.7. The first-order valence-corrected chi connectivity index (χ1v) is 11.2. The van der Waals surface area contributed by atoms with E-state index < -0.39 is 52.2 Å². The monoisotopic (exact) mass is 510 g/mol. The maximum Gasteiger partial charge on any atom is 0.511 e. The van der Waals surface area contributed by atoms with Gasteiger partial charge in [0.05, 0.1) is 23.7 Å². The molecule has 2 aromatic rings. The highest BCUT2D eigenvalue weighted by Gasteiger charge is 2.55. The summed E-state index contributed by atoms with van der Waals surface area (Å²) in [5.41, 5.74) is -5.31. The summed E-state index contributed by atoms with van der Waals surface area (Å²) < 4.78 is 105. The Morgan fingerprint density at radius 2 is 1.68 bits per heavy atom. The number of halogens is 6. The Morgan fingerprint density at radius 3 is 2.26 bits per heavy atom. The van der Waals surface area contributed by atoms with Gasteiger partial charge in [0.15, 0.2) is 0 Å². The van der Waals surface area contributed by atoms with E-state index in [0.29, 0.717) is 11.3 Å². The number of benzene rings is 1. The van der Waals surface area contributed by atoms with Gasteiger partial charge in [0.25, 0.3) is 0 Å². The lowest BCUT2D eigenvalue weighted by Crippen LogP contribution is -2.59. The Balaban J connectivity index is 1.41. The van der Waals surface area contributed by atoms with E-state index >= 15 is 0 Å². The zero-order valence-corrected chi connectivity index (χ0v) is 17.9. The van der Waals surface area contributed by atoms with Gasteiger partial charge in [-0.15, -0.1) is 0 Å². The Morgan fingerprint density at radius 1 is 1.03 bits per heavy atom. The van der Waals surface area contributed by atoms with Crippen molar-refractivity contribution in [1.29, 1.82) is 0 Å². The molecule has 34 heavy (non-hydrogen) atoms. The predicted molar refractivity (Wildman–Crippen MR) is 103 cm³/mol. The average molecular weight is 510 g/mol. The van der Waals surface area contributed by atoms with Crippen LogP contribution in [-0.2, 0) is 34.0 Å². The molecule has 1 fully saturated rings. The minimum absolute atomic E-state index is 0.00256. The third-order valence-corrected chi connectivity index (χ3v) is 7.07. The van der Waals surface area contributed by atoms with Gasteiger partial charge < -0.3 is 9.64 Å². The minimum Gasteiger partial charge on any atom is -0.439 e. The van der Waals surface area contributed by atoms with Crippen LogP contribution < -0.4 is 4.74 Å². The summed E-state index contributed by atoms with van der Waals surface area (Å²) >= 11 is 0. The second kappa shape index (κ2) is 8.37. The fraction of sp³-hybridized carbons (Fsp3) is 0.421. The number of alkyl halides is 6. The van der Waals surface area contributed by atoms with Crippen molar-refractivity contribution < 1.29 is 44.3 Å². The molecule has 1 amide bonds. The molecule has 0 saturated carbocycles. The van der Waals surface area contributed by atoms with E-state index in [1.807, 2.05) is 0 Å². The van der Waals surface area contributed by atoms with Gasteiger partial charge in [0.2, 0.25) is 11.8 Å². The van der Waals surface area contributed by atoms with Crippen molar-refractivity contribution in [3.63, 3.8) is 0 Å². The molecule has 0 N–H and O–H groups in total. The molecule has 0 unspecified atom stereocenters. The van der Waals surface area contributed by atoms with Crippen LogP contribution in [0.1, 0.15) is 16.8 Å². The SMILES string of the molecule is O=C(C1CN(S(=O)(=O)C(F)(F)F)C1)N1CCc2c(ncnc2Oc2ccc(C(F)(F)F)cc2)C1. The largest absolute Gasteiger partial charge is 0.511 e. The lowest BCUT2D eigenvalue weighted by molar-refractivity contribution is -0.140. The lowest BCUT2D eigenvalue weighted by atomic mass is 9.99. The van der Waals surface area contributed by atoms with Gasteiger partial charge >= 0.3 is 21.7 Å². The molecule has 0 radical (unpaired) electrons. The first kappa shape index (κ1) is 24.2. The Kier molecular flexibility index (Phi) is 5.96. The molecule has 0 aliphatic carbocycles. The van der Waals surface area contributed by atoms with E-state index in [1.54, 1.807) is 0 Å². The Labute approximate surface area is 189 Å². The minimum atomic E-state index is -5.47. The first-order valence-electron chi connectivity index (χ1n) is 9.80. The summed E-state index contributed by atoms with van der Waals surface area (Å²) in [4.78, 5) is 22.1. The fourth-order valence-corrected chi connectivity index (χ4v) is 4.66. The van der Waals surface area contributed by atoms with Crippen LogP contribution in [0.4, 0.5) is 26.3 Å². The number of carbonyl (C=O) groups excluding carboxylic acids is 1. The molecule has 3 heterocycles. The molecule has 0 spiro atoms. The zero-order valence-electron chi connectivity index (χ0n) is 17.1. The van der Waals surface area contributed by atoms with E-state index in [2.05, 4.69) is 9.97 Å². The van der Waals surface area contributed by atoms with Crippen LogP contribution in [0, 0.1) is 5.92 Å². The third-order valence-electron chi connectivity index (χ3n) is 5.50. The molecule has 1 aromatic carbocycles. The lowest BCUT2D eigenvalue weighted by Gasteiger charge is -2.40. The van der Waals surface area contributed by atoms with Crippen LogP contribution >= 0.6 is 0 Å². The number of hydrogen-bond acceptors (Lipinski definition) is 6. The van der Waals surface area contributed by atoms with Crippen LogP contribution in [-0.4, -0.2) is 58.6 Å². The summed E-state index contributed by atoms with van der Waals surface area (Å²) in [5.74, 6) is -1.16. The highest BCUT2D eigenvalue weighted by atomic mass is 32.2. The third kappa shape index (κ3) is 4.53. The highest BCUT2D eigenvalue weighted by molar-refractivity contribution is 7.90. The number of carbonyl (C=O) groups is 1. The quantitative estimate of drug-likeness (QED) is 0.588. The molecule has 8 nitrogen and oxygen atoms in total. The molecule has 0 bridgehead atoms. The van der Waals surface area contributed by atoms with Crippen molar-refractivity contribution in [1.82, 2.24) is 19.2 Å². The van der Waals surface area contributed by atoms with Gasteiger partial charge in [-0.05, 0) is 30.7 Å². The summed E-state index contributed by atoms with van der Waals surface area (Å²) in [5, 5.41) is 0. The van der Waals surface area contributed by atoms with Crippen LogP contribution in [0.25, 0.3) is 0 Å². The van der Waals surface area contributed by atoms with Gasteiger partial charge in [-0.1, -0.05) is 0 Å². The van der Waals surface area contributed by atoms with E-state index in [9.17, 15) is 39.6 Å². The average Bonchev–Trinajstić information content (AvgIpc) is 2.71. The molecule has 4 rings (SSSR count). The summed E-state index contributed by atoms with van der Waals surface area (Å²) in [7, 11) is -5.47. The Hall–Kier alpha value is -2.94. The van der Waals surface area contributed by atoms with Crippen molar-refractivity contribution in [3.8, 4) is 11.6 Å². The molecular weight excluding hydrogens is 494 g/mol. The van der Waals surface area contributed by atoms with Crippen LogP contribution in [0.5, 0.6) is 11.6 Å². The standard InChI is InChI=1S/C19H16F6N4O4S/c20-18(21,22)12-1-3-13(4-2-12)33-16-14-5-6-28(9-15(14)26-10-27-16)17(30)11-7-29(8-11)34(31,32)19(23,24)25/h1-4,10-11H,5-9H2. The number of fused-ring (bicyclic) bond motifs is 1. The van der Waals surface area contributed by atoms with Crippen molar-refractivity contribution >= 4 is 15.9 Å². The van der Waals surface area contributed by atoms with Gasteiger partial charge in [-0.25, -0.2) is 18.4 Å². The van der Waals surface area contributed by atoms with Crippen LogP contribution in [0.15, 0.2) is 30.6 Å². The van der Waals surface area contributed by atoms with Gasteiger partial charge in [-0.2, -0.15) is 30.6 Å². The van der Waals surface area contributed by atoms with E-state index in [4.69, 9.17) is 4.74 Å². The maximum atomic E-state index is 12.7. The number of aromatic nitrogens is 2. The van der Waals surface area contributed by atoms with Crippen molar-refractivity contribution in [2.45, 2.75) is 24.7 Å². The Bertz CT molecular complexity index is 1190. The summed E-state index contributed by atoms with van der Waals surface area (Å²) in [6.07, 6.45) is -3.10. The number of rotatable bonds is 4.